The zero-order valence-electron chi connectivity index (χ0n) is 13.8. The van der Waals surface area contributed by atoms with Crippen molar-refractivity contribution < 1.29 is 0 Å². The molecule has 0 saturated carbocycles. The topological polar surface area (TPSA) is 15.3 Å². The van der Waals surface area contributed by atoms with Crippen LogP contribution in [0.15, 0.2) is 24.3 Å². The molecule has 0 aromatic heterocycles. The van der Waals surface area contributed by atoms with E-state index in [0.717, 1.165) is 24.7 Å². The van der Waals surface area contributed by atoms with Crippen LogP contribution in [0.5, 0.6) is 0 Å². The lowest BCUT2D eigenvalue weighted by atomic mass is 9.83. The summed E-state index contributed by atoms with van der Waals surface area (Å²) in [5.41, 5.74) is 1.51. The molecule has 1 aliphatic heterocycles. The second kappa shape index (κ2) is 7.13. The Morgan fingerprint density at radius 2 is 2.00 bits per heavy atom. The molecular formula is C18H29ClN2. The maximum atomic E-state index is 6.36. The van der Waals surface area contributed by atoms with E-state index in [4.69, 9.17) is 11.6 Å². The Morgan fingerprint density at radius 1 is 1.29 bits per heavy atom. The molecular weight excluding hydrogens is 280 g/mol. The Morgan fingerprint density at radius 3 is 2.62 bits per heavy atom. The molecule has 1 aliphatic rings. The molecule has 0 bridgehead atoms. The van der Waals surface area contributed by atoms with Gasteiger partial charge in [-0.3, -0.25) is 4.90 Å². The summed E-state index contributed by atoms with van der Waals surface area (Å²) in [4.78, 5) is 2.62. The Hall–Kier alpha value is -0.570. The summed E-state index contributed by atoms with van der Waals surface area (Å²) in [6.07, 6.45) is 2.48. The van der Waals surface area contributed by atoms with Gasteiger partial charge in [-0.1, -0.05) is 63.9 Å². The van der Waals surface area contributed by atoms with Gasteiger partial charge in [-0.2, -0.15) is 0 Å². The number of nitrogens with one attached hydrogen (secondary N) is 1. The molecule has 3 heteroatoms. The molecule has 0 radical (unpaired) electrons. The lowest BCUT2D eigenvalue weighted by Gasteiger charge is -2.46. The smallest absolute Gasteiger partial charge is 0.0451 e. The number of rotatable bonds is 4. The highest BCUT2D eigenvalue weighted by molar-refractivity contribution is 6.31. The molecule has 2 rings (SSSR count). The van der Waals surface area contributed by atoms with Crippen LogP contribution in [0.2, 0.25) is 5.02 Å². The lowest BCUT2D eigenvalue weighted by molar-refractivity contribution is 0.0475. The fourth-order valence-electron chi connectivity index (χ4n) is 3.30. The molecule has 1 N–H and O–H groups in total. The first-order valence-corrected chi connectivity index (χ1v) is 8.50. The molecule has 0 amide bonds. The fraction of sp³-hybridized carbons (Fsp3) is 0.667. The summed E-state index contributed by atoms with van der Waals surface area (Å²) < 4.78 is 0. The van der Waals surface area contributed by atoms with E-state index in [0.29, 0.717) is 12.1 Å². The largest absolute Gasteiger partial charge is 0.311 e. The second-order valence-corrected chi connectivity index (χ2v) is 7.70. The summed E-state index contributed by atoms with van der Waals surface area (Å²) in [6, 6.07) is 9.38. The van der Waals surface area contributed by atoms with Crippen molar-refractivity contribution in [3.05, 3.63) is 34.9 Å². The predicted octanol–water partition coefficient (Wildman–Crippen LogP) is 4.33. The van der Waals surface area contributed by atoms with Crippen LogP contribution in [0.3, 0.4) is 0 Å². The highest BCUT2D eigenvalue weighted by atomic mass is 35.5. The molecule has 21 heavy (non-hydrogen) atoms. The molecule has 2 nitrogen and oxygen atoms in total. The Kier molecular flexibility index (Phi) is 5.70. The molecule has 1 saturated heterocycles. The van der Waals surface area contributed by atoms with E-state index in [9.17, 15) is 0 Å². The third-order valence-corrected chi connectivity index (χ3v) is 4.83. The van der Waals surface area contributed by atoms with Gasteiger partial charge in [0, 0.05) is 36.7 Å². The van der Waals surface area contributed by atoms with Crippen LogP contribution in [0, 0.1) is 5.41 Å². The van der Waals surface area contributed by atoms with Crippen molar-refractivity contribution in [2.45, 2.75) is 59.2 Å². The summed E-state index contributed by atoms with van der Waals surface area (Å²) in [5, 5.41) is 4.62. The van der Waals surface area contributed by atoms with Crippen molar-refractivity contribution in [2.75, 3.05) is 13.1 Å². The molecule has 2 atom stereocenters. The number of nitrogens with zero attached hydrogens (tertiary/aromatic N) is 1. The van der Waals surface area contributed by atoms with Gasteiger partial charge in [0.1, 0.15) is 0 Å². The first kappa shape index (κ1) is 16.8. The van der Waals surface area contributed by atoms with E-state index >= 15 is 0 Å². The van der Waals surface area contributed by atoms with Crippen molar-refractivity contribution in [3.8, 4) is 0 Å². The summed E-state index contributed by atoms with van der Waals surface area (Å²) in [5.74, 6) is 0. The van der Waals surface area contributed by atoms with Crippen LogP contribution in [0.4, 0.5) is 0 Å². The third kappa shape index (κ3) is 4.45. The number of piperazine rings is 1. The monoisotopic (exact) mass is 308 g/mol. The van der Waals surface area contributed by atoms with E-state index in [1.165, 1.54) is 18.4 Å². The standard InChI is InChI=1S/C18H29ClN2/c1-5-8-15-13-21(17(11-20-15)18(2,3)4)12-14-9-6-7-10-16(14)19/h6-7,9-10,15,17,20H,5,8,11-13H2,1-4H3. The molecule has 118 valence electrons. The molecule has 1 aromatic carbocycles. The highest BCUT2D eigenvalue weighted by Crippen LogP contribution is 2.29. The van der Waals surface area contributed by atoms with Crippen molar-refractivity contribution in [1.29, 1.82) is 0 Å². The van der Waals surface area contributed by atoms with Gasteiger partial charge >= 0.3 is 0 Å². The number of halogens is 1. The molecule has 1 aromatic rings. The van der Waals surface area contributed by atoms with Gasteiger partial charge in [-0.15, -0.1) is 0 Å². The van der Waals surface area contributed by atoms with E-state index in [-0.39, 0.29) is 5.41 Å². The Labute approximate surface area is 134 Å². The van der Waals surface area contributed by atoms with Crippen LogP contribution in [-0.2, 0) is 6.54 Å². The lowest BCUT2D eigenvalue weighted by Crippen LogP contribution is -2.60. The van der Waals surface area contributed by atoms with Gasteiger partial charge in [0.05, 0.1) is 0 Å². The second-order valence-electron chi connectivity index (χ2n) is 7.30. The van der Waals surface area contributed by atoms with Crippen LogP contribution in [0.25, 0.3) is 0 Å². The SMILES string of the molecule is CCCC1CN(Cc2ccccc2Cl)C(C(C)(C)C)CN1. The molecule has 1 heterocycles. The van der Waals surface area contributed by atoms with Gasteiger partial charge in [0.15, 0.2) is 0 Å². The fourth-order valence-corrected chi connectivity index (χ4v) is 3.49. The van der Waals surface area contributed by atoms with Gasteiger partial charge in [0.25, 0.3) is 0 Å². The van der Waals surface area contributed by atoms with Crippen LogP contribution >= 0.6 is 11.6 Å². The minimum Gasteiger partial charge on any atom is -0.311 e. The van der Waals surface area contributed by atoms with Gasteiger partial charge in [-0.05, 0) is 23.5 Å². The number of benzene rings is 1. The maximum absolute atomic E-state index is 6.36. The van der Waals surface area contributed by atoms with Crippen molar-refractivity contribution in [3.63, 3.8) is 0 Å². The minimum absolute atomic E-state index is 0.269. The first-order valence-electron chi connectivity index (χ1n) is 8.12. The number of hydrogen-bond acceptors (Lipinski definition) is 2. The van der Waals surface area contributed by atoms with Gasteiger partial charge in [-0.25, -0.2) is 0 Å². The molecule has 2 unspecified atom stereocenters. The zero-order valence-corrected chi connectivity index (χ0v) is 14.6. The summed E-state index contributed by atoms with van der Waals surface area (Å²) in [7, 11) is 0. The highest BCUT2D eigenvalue weighted by Gasteiger charge is 2.35. The van der Waals surface area contributed by atoms with Crippen molar-refractivity contribution in [1.82, 2.24) is 10.2 Å². The number of hydrogen-bond donors (Lipinski definition) is 1. The van der Waals surface area contributed by atoms with Gasteiger partial charge < -0.3 is 5.32 Å². The van der Waals surface area contributed by atoms with E-state index in [1.54, 1.807) is 0 Å². The average Bonchev–Trinajstić information content (AvgIpc) is 2.41. The average molecular weight is 309 g/mol. The Balaban J connectivity index is 2.15. The van der Waals surface area contributed by atoms with E-state index in [2.05, 4.69) is 50.0 Å². The van der Waals surface area contributed by atoms with Crippen molar-refractivity contribution in [2.24, 2.45) is 5.41 Å². The first-order chi connectivity index (χ1) is 9.91. The maximum Gasteiger partial charge on any atom is 0.0451 e. The van der Waals surface area contributed by atoms with E-state index < -0.39 is 0 Å². The molecule has 0 spiro atoms. The zero-order chi connectivity index (χ0) is 15.5. The van der Waals surface area contributed by atoms with Gasteiger partial charge in [0.2, 0.25) is 0 Å². The van der Waals surface area contributed by atoms with E-state index in [1.807, 2.05) is 12.1 Å². The van der Waals surface area contributed by atoms with Crippen molar-refractivity contribution >= 4 is 11.6 Å². The quantitative estimate of drug-likeness (QED) is 0.890. The third-order valence-electron chi connectivity index (χ3n) is 4.46. The predicted molar refractivity (Wildman–Crippen MR) is 91.8 cm³/mol. The normalized spacial score (nSPS) is 24.2. The van der Waals surface area contributed by atoms with Crippen LogP contribution in [0.1, 0.15) is 46.1 Å². The Bertz CT molecular complexity index is 453. The minimum atomic E-state index is 0.269. The summed E-state index contributed by atoms with van der Waals surface area (Å²) in [6.45, 7) is 12.4. The summed E-state index contributed by atoms with van der Waals surface area (Å²) >= 11 is 6.36. The van der Waals surface area contributed by atoms with Crippen LogP contribution < -0.4 is 5.32 Å². The molecule has 1 fully saturated rings. The molecule has 0 aliphatic carbocycles. The van der Waals surface area contributed by atoms with Crippen LogP contribution in [-0.4, -0.2) is 30.1 Å².